The van der Waals surface area contributed by atoms with E-state index in [4.69, 9.17) is 14.2 Å². The Morgan fingerprint density at radius 1 is 1.25 bits per heavy atom. The number of amides is 1. The molecule has 0 bridgehead atoms. The topological polar surface area (TPSA) is 73.9 Å². The van der Waals surface area contributed by atoms with Crippen LogP contribution in [0.1, 0.15) is 19.4 Å². The standard InChI is InChI=1S/C18H23NO5/c1-4-22-12-5-6-15-7-9-16(10-8-15)24-18(21)19-11-13-23-17(20)14(2)3/h5-10H,2,4,11-13H2,1,3H3,(H,19,21)/b6-5+. The summed E-state index contributed by atoms with van der Waals surface area (Å²) in [6.07, 6.45) is 3.23. The molecule has 1 aromatic rings. The molecule has 1 rings (SSSR count). The van der Waals surface area contributed by atoms with Crippen LogP contribution in [-0.4, -0.2) is 38.4 Å². The minimum atomic E-state index is -0.610. The van der Waals surface area contributed by atoms with Gasteiger partial charge < -0.3 is 19.5 Å². The molecule has 0 spiro atoms. The van der Waals surface area contributed by atoms with E-state index in [9.17, 15) is 9.59 Å². The highest BCUT2D eigenvalue weighted by molar-refractivity contribution is 5.86. The summed E-state index contributed by atoms with van der Waals surface area (Å²) in [7, 11) is 0. The minimum absolute atomic E-state index is 0.0599. The zero-order valence-corrected chi connectivity index (χ0v) is 14.0. The maximum absolute atomic E-state index is 11.6. The Kier molecular flexibility index (Phi) is 8.93. The fourth-order valence-electron chi connectivity index (χ4n) is 1.58. The van der Waals surface area contributed by atoms with E-state index in [1.807, 2.05) is 31.2 Å². The van der Waals surface area contributed by atoms with Crippen molar-refractivity contribution in [3.8, 4) is 5.75 Å². The van der Waals surface area contributed by atoms with Gasteiger partial charge in [-0.2, -0.15) is 0 Å². The van der Waals surface area contributed by atoms with Gasteiger partial charge in [-0.3, -0.25) is 0 Å². The number of carbonyl (C=O) groups is 2. The first kappa shape index (κ1) is 19.4. The summed E-state index contributed by atoms with van der Waals surface area (Å²) in [5.74, 6) is -0.0634. The fourth-order valence-corrected chi connectivity index (χ4v) is 1.58. The average molecular weight is 333 g/mol. The first-order valence-electron chi connectivity index (χ1n) is 7.65. The van der Waals surface area contributed by atoms with Gasteiger partial charge in [-0.05, 0) is 31.5 Å². The summed E-state index contributed by atoms with van der Waals surface area (Å²) in [6.45, 7) is 8.42. The third-order valence-electron chi connectivity index (χ3n) is 2.77. The van der Waals surface area contributed by atoms with Crippen molar-refractivity contribution in [3.63, 3.8) is 0 Å². The lowest BCUT2D eigenvalue weighted by molar-refractivity contribution is -0.138. The normalized spacial score (nSPS) is 10.4. The lowest BCUT2D eigenvalue weighted by atomic mass is 10.2. The molecule has 0 unspecified atom stereocenters. The van der Waals surface area contributed by atoms with Gasteiger partial charge in [0.25, 0.3) is 0 Å². The van der Waals surface area contributed by atoms with Crippen LogP contribution in [0.4, 0.5) is 4.79 Å². The number of benzene rings is 1. The molecule has 0 saturated heterocycles. The highest BCUT2D eigenvalue weighted by atomic mass is 16.6. The fraction of sp³-hybridized carbons (Fsp3) is 0.333. The average Bonchev–Trinajstić information content (AvgIpc) is 2.56. The van der Waals surface area contributed by atoms with E-state index in [1.165, 1.54) is 0 Å². The van der Waals surface area contributed by atoms with E-state index in [1.54, 1.807) is 19.1 Å². The summed E-state index contributed by atoms with van der Waals surface area (Å²) < 4.78 is 15.2. The summed E-state index contributed by atoms with van der Waals surface area (Å²) >= 11 is 0. The number of hydrogen-bond acceptors (Lipinski definition) is 5. The molecular formula is C18H23NO5. The maximum Gasteiger partial charge on any atom is 0.412 e. The predicted octanol–water partition coefficient (Wildman–Crippen LogP) is 2.94. The van der Waals surface area contributed by atoms with Crippen molar-refractivity contribution in [1.29, 1.82) is 0 Å². The van der Waals surface area contributed by atoms with Crippen molar-refractivity contribution in [2.75, 3.05) is 26.4 Å². The van der Waals surface area contributed by atoms with Gasteiger partial charge in [0.15, 0.2) is 0 Å². The van der Waals surface area contributed by atoms with Crippen LogP contribution in [0, 0.1) is 0 Å². The lowest BCUT2D eigenvalue weighted by Gasteiger charge is -2.07. The Bertz CT molecular complexity index is 578. The largest absolute Gasteiger partial charge is 0.460 e. The molecule has 1 amide bonds. The van der Waals surface area contributed by atoms with Crippen LogP contribution in [-0.2, 0) is 14.3 Å². The van der Waals surface area contributed by atoms with Crippen molar-refractivity contribution in [2.45, 2.75) is 13.8 Å². The SMILES string of the molecule is C=C(C)C(=O)OCCNC(=O)Oc1ccc(/C=C/COCC)cc1. The first-order valence-corrected chi connectivity index (χ1v) is 7.65. The second kappa shape index (κ2) is 11.0. The van der Waals surface area contributed by atoms with Crippen LogP contribution in [0.5, 0.6) is 5.75 Å². The molecule has 1 aromatic carbocycles. The Labute approximate surface area is 142 Å². The van der Waals surface area contributed by atoms with E-state index < -0.39 is 12.1 Å². The summed E-state index contributed by atoms with van der Waals surface area (Å²) in [5.41, 5.74) is 1.29. The third-order valence-corrected chi connectivity index (χ3v) is 2.77. The number of carbonyl (C=O) groups excluding carboxylic acids is 2. The number of hydrogen-bond donors (Lipinski definition) is 1. The van der Waals surface area contributed by atoms with Gasteiger partial charge in [0, 0.05) is 12.2 Å². The minimum Gasteiger partial charge on any atom is -0.460 e. The molecule has 0 aromatic heterocycles. The van der Waals surface area contributed by atoms with Crippen molar-refractivity contribution >= 4 is 18.1 Å². The molecule has 6 nitrogen and oxygen atoms in total. The van der Waals surface area contributed by atoms with E-state index >= 15 is 0 Å². The first-order chi connectivity index (χ1) is 11.5. The highest BCUT2D eigenvalue weighted by Gasteiger charge is 2.05. The van der Waals surface area contributed by atoms with Gasteiger partial charge in [-0.25, -0.2) is 9.59 Å². The molecule has 0 aliphatic rings. The van der Waals surface area contributed by atoms with Gasteiger partial charge in [-0.1, -0.05) is 30.9 Å². The molecule has 0 saturated carbocycles. The summed E-state index contributed by atoms with van der Waals surface area (Å²) in [5, 5.41) is 2.49. The van der Waals surface area contributed by atoms with Gasteiger partial charge in [0.2, 0.25) is 0 Å². The predicted molar refractivity (Wildman–Crippen MR) is 91.8 cm³/mol. The molecule has 0 fully saturated rings. The Balaban J connectivity index is 2.30. The van der Waals surface area contributed by atoms with Crippen LogP contribution in [0.3, 0.4) is 0 Å². The number of esters is 1. The smallest absolute Gasteiger partial charge is 0.412 e. The molecule has 0 aliphatic heterocycles. The summed E-state index contributed by atoms with van der Waals surface area (Å²) in [6, 6.07) is 7.06. The molecule has 24 heavy (non-hydrogen) atoms. The van der Waals surface area contributed by atoms with Crippen LogP contribution >= 0.6 is 0 Å². The highest BCUT2D eigenvalue weighted by Crippen LogP contribution is 2.13. The van der Waals surface area contributed by atoms with Crippen molar-refractivity contribution < 1.29 is 23.8 Å². The Morgan fingerprint density at radius 2 is 1.96 bits per heavy atom. The maximum atomic E-state index is 11.6. The van der Waals surface area contributed by atoms with E-state index in [0.29, 0.717) is 24.5 Å². The zero-order valence-electron chi connectivity index (χ0n) is 14.0. The Hall–Kier alpha value is -2.60. The molecule has 0 heterocycles. The van der Waals surface area contributed by atoms with Gasteiger partial charge >= 0.3 is 12.1 Å². The lowest BCUT2D eigenvalue weighted by Crippen LogP contribution is -2.30. The van der Waals surface area contributed by atoms with Gasteiger partial charge in [0.05, 0.1) is 13.2 Å². The molecule has 0 aliphatic carbocycles. The number of nitrogens with one attached hydrogen (secondary N) is 1. The molecule has 6 heteroatoms. The van der Waals surface area contributed by atoms with Crippen LogP contribution in [0.15, 0.2) is 42.5 Å². The van der Waals surface area contributed by atoms with E-state index in [2.05, 4.69) is 11.9 Å². The number of rotatable bonds is 9. The number of ether oxygens (including phenoxy) is 3. The van der Waals surface area contributed by atoms with Gasteiger partial charge in [-0.15, -0.1) is 0 Å². The molecule has 130 valence electrons. The van der Waals surface area contributed by atoms with Crippen LogP contribution in [0.25, 0.3) is 6.08 Å². The summed E-state index contributed by atoms with van der Waals surface area (Å²) in [4.78, 5) is 22.7. The van der Waals surface area contributed by atoms with Gasteiger partial charge in [0.1, 0.15) is 12.4 Å². The van der Waals surface area contributed by atoms with Crippen molar-refractivity contribution in [3.05, 3.63) is 48.1 Å². The molecule has 0 radical (unpaired) electrons. The second-order valence-corrected chi connectivity index (χ2v) is 4.86. The molecule has 0 atom stereocenters. The third kappa shape index (κ3) is 8.14. The van der Waals surface area contributed by atoms with Crippen molar-refractivity contribution in [2.24, 2.45) is 0 Å². The van der Waals surface area contributed by atoms with Crippen LogP contribution in [0.2, 0.25) is 0 Å². The second-order valence-electron chi connectivity index (χ2n) is 4.86. The van der Waals surface area contributed by atoms with E-state index in [-0.39, 0.29) is 13.2 Å². The Morgan fingerprint density at radius 3 is 2.58 bits per heavy atom. The monoisotopic (exact) mass is 333 g/mol. The molecular weight excluding hydrogens is 310 g/mol. The van der Waals surface area contributed by atoms with E-state index in [0.717, 1.165) is 5.56 Å². The van der Waals surface area contributed by atoms with Crippen LogP contribution < -0.4 is 10.1 Å². The zero-order chi connectivity index (χ0) is 17.8. The molecule has 1 N–H and O–H groups in total. The van der Waals surface area contributed by atoms with Crippen molar-refractivity contribution in [1.82, 2.24) is 5.32 Å². The quantitative estimate of drug-likeness (QED) is 0.427.